The molecule has 3 heteroatoms. The molecule has 0 aliphatic heterocycles. The molecule has 1 N–H and O–H groups in total. The van der Waals surface area contributed by atoms with E-state index in [9.17, 15) is 9.90 Å². The predicted octanol–water partition coefficient (Wildman–Crippen LogP) is 3.72. The molecule has 0 saturated carbocycles. The second-order valence-electron chi connectivity index (χ2n) is 5.17. The standard InChI is InChI=1S/C15H19NO2/c1-9(2)16-8-13(11(4)15(17)18)12-7-10(3)5-6-14(12)16/h5-9,11H,1-4H3,(H,17,18). The van der Waals surface area contributed by atoms with Crippen LogP contribution in [0.15, 0.2) is 24.4 Å². The summed E-state index contributed by atoms with van der Waals surface area (Å²) in [5.74, 6) is -1.26. The Morgan fingerprint density at radius 1 is 1.28 bits per heavy atom. The average Bonchev–Trinajstić information content (AvgIpc) is 2.66. The highest BCUT2D eigenvalue weighted by atomic mass is 16.4. The molecule has 2 rings (SSSR count). The monoisotopic (exact) mass is 245 g/mol. The molecule has 3 nitrogen and oxygen atoms in total. The molecule has 1 heterocycles. The first-order chi connectivity index (χ1) is 8.41. The molecule has 2 aromatic rings. The van der Waals surface area contributed by atoms with Gasteiger partial charge in [-0.25, -0.2) is 0 Å². The van der Waals surface area contributed by atoms with Crippen LogP contribution >= 0.6 is 0 Å². The van der Waals surface area contributed by atoms with Crippen LogP contribution in [0.2, 0.25) is 0 Å². The normalized spacial score (nSPS) is 13.2. The van der Waals surface area contributed by atoms with Gasteiger partial charge in [0.25, 0.3) is 0 Å². The molecule has 0 saturated heterocycles. The fourth-order valence-corrected chi connectivity index (χ4v) is 2.30. The zero-order valence-corrected chi connectivity index (χ0v) is 11.3. The van der Waals surface area contributed by atoms with Gasteiger partial charge in [-0.1, -0.05) is 11.6 Å². The highest BCUT2D eigenvalue weighted by Gasteiger charge is 2.20. The summed E-state index contributed by atoms with van der Waals surface area (Å²) >= 11 is 0. The van der Waals surface area contributed by atoms with Gasteiger partial charge in [0, 0.05) is 23.1 Å². The van der Waals surface area contributed by atoms with E-state index in [0.717, 1.165) is 22.0 Å². The molecule has 0 radical (unpaired) electrons. The van der Waals surface area contributed by atoms with Crippen LogP contribution in [0, 0.1) is 6.92 Å². The summed E-state index contributed by atoms with van der Waals surface area (Å²) in [5.41, 5.74) is 3.16. The fourth-order valence-electron chi connectivity index (χ4n) is 2.30. The second-order valence-corrected chi connectivity index (χ2v) is 5.17. The Bertz CT molecular complexity index is 596. The largest absolute Gasteiger partial charge is 0.481 e. The van der Waals surface area contributed by atoms with Gasteiger partial charge in [0.05, 0.1) is 5.92 Å². The Labute approximate surface area is 107 Å². The number of aromatic nitrogens is 1. The van der Waals surface area contributed by atoms with E-state index in [1.54, 1.807) is 6.92 Å². The van der Waals surface area contributed by atoms with E-state index < -0.39 is 11.9 Å². The van der Waals surface area contributed by atoms with Gasteiger partial charge in [0.2, 0.25) is 0 Å². The summed E-state index contributed by atoms with van der Waals surface area (Å²) in [6.45, 7) is 7.98. The molecule has 18 heavy (non-hydrogen) atoms. The van der Waals surface area contributed by atoms with Crippen LogP contribution in [0.1, 0.15) is 43.9 Å². The Hall–Kier alpha value is -1.77. The molecule has 0 spiro atoms. The summed E-state index contributed by atoms with van der Waals surface area (Å²) < 4.78 is 2.14. The van der Waals surface area contributed by atoms with Crippen molar-refractivity contribution in [2.24, 2.45) is 0 Å². The summed E-state index contributed by atoms with van der Waals surface area (Å²) in [5, 5.41) is 10.3. The smallest absolute Gasteiger partial charge is 0.310 e. The van der Waals surface area contributed by atoms with E-state index in [4.69, 9.17) is 0 Å². The van der Waals surface area contributed by atoms with Crippen LogP contribution < -0.4 is 0 Å². The maximum atomic E-state index is 11.2. The predicted molar refractivity (Wildman–Crippen MR) is 73.1 cm³/mol. The third-order valence-electron chi connectivity index (χ3n) is 3.41. The molecule has 0 fully saturated rings. The van der Waals surface area contributed by atoms with E-state index in [2.05, 4.69) is 36.6 Å². The average molecular weight is 245 g/mol. The van der Waals surface area contributed by atoms with Crippen LogP contribution in [0.3, 0.4) is 0 Å². The Balaban J connectivity index is 2.73. The van der Waals surface area contributed by atoms with Crippen LogP contribution in [0.4, 0.5) is 0 Å². The van der Waals surface area contributed by atoms with Crippen molar-refractivity contribution in [2.75, 3.05) is 0 Å². The molecule has 1 aromatic heterocycles. The highest BCUT2D eigenvalue weighted by Crippen LogP contribution is 2.30. The minimum atomic E-state index is -0.778. The van der Waals surface area contributed by atoms with E-state index in [1.807, 2.05) is 13.1 Å². The van der Waals surface area contributed by atoms with E-state index in [0.29, 0.717) is 6.04 Å². The van der Waals surface area contributed by atoms with Crippen molar-refractivity contribution in [1.29, 1.82) is 0 Å². The van der Waals surface area contributed by atoms with Crippen molar-refractivity contribution < 1.29 is 9.90 Å². The van der Waals surface area contributed by atoms with Crippen molar-refractivity contribution in [3.63, 3.8) is 0 Å². The number of nitrogens with zero attached hydrogens (tertiary/aromatic N) is 1. The van der Waals surface area contributed by atoms with Gasteiger partial charge in [-0.05, 0) is 45.4 Å². The number of hydrogen-bond acceptors (Lipinski definition) is 1. The summed E-state index contributed by atoms with van der Waals surface area (Å²) in [4.78, 5) is 11.2. The van der Waals surface area contributed by atoms with Crippen LogP contribution in [0.25, 0.3) is 10.9 Å². The zero-order valence-electron chi connectivity index (χ0n) is 11.3. The molecule has 1 atom stereocenters. The molecule has 0 amide bonds. The maximum absolute atomic E-state index is 11.2. The Morgan fingerprint density at radius 3 is 2.50 bits per heavy atom. The van der Waals surface area contributed by atoms with Gasteiger partial charge >= 0.3 is 5.97 Å². The minimum Gasteiger partial charge on any atom is -0.481 e. The molecule has 0 bridgehead atoms. The number of hydrogen-bond donors (Lipinski definition) is 1. The number of carboxylic acids is 1. The molecular formula is C15H19NO2. The molecule has 1 aromatic carbocycles. The molecule has 0 aliphatic carbocycles. The summed E-state index contributed by atoms with van der Waals surface area (Å²) in [6.07, 6.45) is 1.98. The molecular weight excluding hydrogens is 226 g/mol. The van der Waals surface area contributed by atoms with Gasteiger partial charge in [-0.2, -0.15) is 0 Å². The number of carboxylic acid groups (broad SMARTS) is 1. The lowest BCUT2D eigenvalue weighted by Crippen LogP contribution is -2.07. The Morgan fingerprint density at radius 2 is 1.94 bits per heavy atom. The van der Waals surface area contributed by atoms with Gasteiger partial charge in [-0.3, -0.25) is 4.79 Å². The molecule has 0 aliphatic rings. The third kappa shape index (κ3) is 2.01. The third-order valence-corrected chi connectivity index (χ3v) is 3.41. The van der Waals surface area contributed by atoms with Crippen LogP contribution in [0.5, 0.6) is 0 Å². The van der Waals surface area contributed by atoms with E-state index >= 15 is 0 Å². The first kappa shape index (κ1) is 12.7. The van der Waals surface area contributed by atoms with Gasteiger partial charge in [0.1, 0.15) is 0 Å². The Kier molecular flexibility index (Phi) is 3.16. The molecule has 1 unspecified atom stereocenters. The zero-order chi connectivity index (χ0) is 13.4. The summed E-state index contributed by atoms with van der Waals surface area (Å²) in [7, 11) is 0. The first-order valence-corrected chi connectivity index (χ1v) is 6.25. The van der Waals surface area contributed by atoms with Gasteiger partial charge < -0.3 is 9.67 Å². The van der Waals surface area contributed by atoms with Gasteiger partial charge in [-0.15, -0.1) is 0 Å². The lowest BCUT2D eigenvalue weighted by molar-refractivity contribution is -0.138. The lowest BCUT2D eigenvalue weighted by Gasteiger charge is -2.08. The number of fused-ring (bicyclic) bond motifs is 1. The van der Waals surface area contributed by atoms with Crippen molar-refractivity contribution in [3.8, 4) is 0 Å². The summed E-state index contributed by atoms with van der Waals surface area (Å²) in [6, 6.07) is 6.53. The lowest BCUT2D eigenvalue weighted by atomic mass is 10.00. The second kappa shape index (κ2) is 4.48. The number of carbonyl (C=O) groups is 1. The van der Waals surface area contributed by atoms with Gasteiger partial charge in [0.15, 0.2) is 0 Å². The van der Waals surface area contributed by atoms with Crippen molar-refractivity contribution in [2.45, 2.75) is 39.7 Å². The van der Waals surface area contributed by atoms with Crippen LogP contribution in [-0.2, 0) is 4.79 Å². The minimum absolute atomic E-state index is 0.324. The number of aryl methyl sites for hydroxylation is 1. The SMILES string of the molecule is Cc1ccc2c(c1)c(C(C)C(=O)O)cn2C(C)C. The number of rotatable bonds is 3. The highest BCUT2D eigenvalue weighted by molar-refractivity contribution is 5.90. The van der Waals surface area contributed by atoms with E-state index in [1.165, 1.54) is 0 Å². The fraction of sp³-hybridized carbons (Fsp3) is 0.400. The number of benzene rings is 1. The van der Waals surface area contributed by atoms with Crippen molar-refractivity contribution in [3.05, 3.63) is 35.5 Å². The van der Waals surface area contributed by atoms with Crippen molar-refractivity contribution in [1.82, 2.24) is 4.57 Å². The van der Waals surface area contributed by atoms with Crippen molar-refractivity contribution >= 4 is 16.9 Å². The van der Waals surface area contributed by atoms with Crippen LogP contribution in [-0.4, -0.2) is 15.6 Å². The maximum Gasteiger partial charge on any atom is 0.310 e. The van der Waals surface area contributed by atoms with E-state index in [-0.39, 0.29) is 0 Å². The quantitative estimate of drug-likeness (QED) is 0.895. The number of aliphatic carboxylic acids is 1. The topological polar surface area (TPSA) is 42.2 Å². The molecule has 96 valence electrons. The first-order valence-electron chi connectivity index (χ1n) is 6.25.